The Hall–Kier alpha value is -3.49. The third kappa shape index (κ3) is 3.71. The molecule has 0 aliphatic heterocycles. The van der Waals surface area contributed by atoms with Gasteiger partial charge in [0.2, 0.25) is 5.89 Å². The number of rotatable bonds is 5. The first-order valence-corrected chi connectivity index (χ1v) is 7.93. The zero-order chi connectivity index (χ0) is 19.6. The van der Waals surface area contributed by atoms with Gasteiger partial charge in [-0.15, -0.1) is 10.2 Å². The van der Waals surface area contributed by atoms with Gasteiger partial charge in [-0.2, -0.15) is 0 Å². The lowest BCUT2D eigenvalue weighted by atomic mass is 10.1. The van der Waals surface area contributed by atoms with Crippen molar-refractivity contribution >= 4 is 11.9 Å². The predicted molar refractivity (Wildman–Crippen MR) is 90.4 cm³/mol. The Kier molecular flexibility index (Phi) is 5.02. The molecule has 140 valence electrons. The molecule has 8 nitrogen and oxygen atoms in total. The number of nitrogens with zero attached hydrogens (tertiary/aromatic N) is 2. The van der Waals surface area contributed by atoms with Crippen molar-refractivity contribution in [2.75, 3.05) is 7.11 Å². The summed E-state index contributed by atoms with van der Waals surface area (Å²) < 4.78 is 28.2. The zero-order valence-corrected chi connectivity index (χ0v) is 14.8. The largest absolute Gasteiger partial charge is 0.465 e. The second kappa shape index (κ2) is 7.40. The number of hydrogen-bond acceptors (Lipinski definition) is 7. The highest BCUT2D eigenvalue weighted by molar-refractivity contribution is 5.98. The molecule has 3 aromatic rings. The van der Waals surface area contributed by atoms with Crippen molar-refractivity contribution in [1.82, 2.24) is 15.2 Å². The first-order valence-electron chi connectivity index (χ1n) is 7.93. The highest BCUT2D eigenvalue weighted by atomic mass is 19.1. The topological polar surface area (TPSA) is 107 Å². The van der Waals surface area contributed by atoms with E-state index in [1.807, 2.05) is 0 Å². The van der Waals surface area contributed by atoms with E-state index >= 15 is 0 Å². The van der Waals surface area contributed by atoms with E-state index in [2.05, 4.69) is 15.2 Å². The van der Waals surface area contributed by atoms with Crippen LogP contribution in [0.3, 0.4) is 0 Å². The molecule has 0 radical (unpaired) electrons. The SMILES string of the molecule is COC(=O)c1c(C)[nH]c(C(=O)OCc2nnc(-c3ccc(F)cc3)o2)c1C. The third-order valence-corrected chi connectivity index (χ3v) is 3.92. The molecular weight excluding hydrogens is 357 g/mol. The summed E-state index contributed by atoms with van der Waals surface area (Å²) in [5, 5.41) is 7.63. The normalized spacial score (nSPS) is 10.7. The quantitative estimate of drug-likeness (QED) is 0.685. The van der Waals surface area contributed by atoms with E-state index in [9.17, 15) is 14.0 Å². The van der Waals surface area contributed by atoms with E-state index in [-0.39, 0.29) is 29.9 Å². The average molecular weight is 373 g/mol. The van der Waals surface area contributed by atoms with Gasteiger partial charge in [-0.05, 0) is 43.7 Å². The number of carbonyl (C=O) groups excluding carboxylic acids is 2. The Bertz CT molecular complexity index is 991. The molecular formula is C18H16FN3O5. The molecule has 1 N–H and O–H groups in total. The van der Waals surface area contributed by atoms with Gasteiger partial charge in [0.25, 0.3) is 5.89 Å². The van der Waals surface area contributed by atoms with Gasteiger partial charge in [0.15, 0.2) is 6.61 Å². The van der Waals surface area contributed by atoms with Gasteiger partial charge in [0.05, 0.1) is 12.7 Å². The third-order valence-electron chi connectivity index (χ3n) is 3.92. The number of aromatic amines is 1. The summed E-state index contributed by atoms with van der Waals surface area (Å²) in [5.41, 5.74) is 1.91. The Morgan fingerprint density at radius 1 is 1.15 bits per heavy atom. The maximum absolute atomic E-state index is 13.0. The molecule has 0 saturated heterocycles. The molecule has 0 amide bonds. The monoisotopic (exact) mass is 373 g/mol. The Labute approximate surface area is 153 Å². The summed E-state index contributed by atoms with van der Waals surface area (Å²) in [6.07, 6.45) is 0. The number of carbonyl (C=O) groups is 2. The van der Waals surface area contributed by atoms with Crippen molar-refractivity contribution in [1.29, 1.82) is 0 Å². The van der Waals surface area contributed by atoms with Crippen LogP contribution in [-0.4, -0.2) is 34.2 Å². The van der Waals surface area contributed by atoms with Crippen LogP contribution >= 0.6 is 0 Å². The van der Waals surface area contributed by atoms with Crippen molar-refractivity contribution < 1.29 is 27.9 Å². The van der Waals surface area contributed by atoms with Crippen molar-refractivity contribution in [2.45, 2.75) is 20.5 Å². The van der Waals surface area contributed by atoms with Crippen LogP contribution in [0.25, 0.3) is 11.5 Å². The number of halogens is 1. The zero-order valence-electron chi connectivity index (χ0n) is 14.8. The molecule has 0 unspecified atom stereocenters. The summed E-state index contributed by atoms with van der Waals surface area (Å²) in [7, 11) is 1.26. The fourth-order valence-corrected chi connectivity index (χ4v) is 2.58. The minimum atomic E-state index is -0.674. The summed E-state index contributed by atoms with van der Waals surface area (Å²) in [6, 6.07) is 5.54. The van der Waals surface area contributed by atoms with Crippen LogP contribution in [0.2, 0.25) is 0 Å². The number of ether oxygens (including phenoxy) is 2. The van der Waals surface area contributed by atoms with Crippen molar-refractivity contribution in [3.05, 3.63) is 58.5 Å². The smallest absolute Gasteiger partial charge is 0.355 e. The van der Waals surface area contributed by atoms with Crippen molar-refractivity contribution in [3.8, 4) is 11.5 Å². The molecule has 1 aromatic carbocycles. The molecule has 0 saturated carbocycles. The van der Waals surface area contributed by atoms with Crippen LogP contribution in [0.1, 0.15) is 38.0 Å². The predicted octanol–water partition coefficient (Wildman–Crippen LogP) is 2.96. The van der Waals surface area contributed by atoms with Crippen LogP contribution in [0.4, 0.5) is 4.39 Å². The van der Waals surface area contributed by atoms with Crippen LogP contribution in [0.15, 0.2) is 28.7 Å². The van der Waals surface area contributed by atoms with Crippen molar-refractivity contribution in [3.63, 3.8) is 0 Å². The molecule has 27 heavy (non-hydrogen) atoms. The second-order valence-electron chi connectivity index (χ2n) is 5.70. The number of esters is 2. The van der Waals surface area contributed by atoms with Gasteiger partial charge in [0.1, 0.15) is 11.5 Å². The van der Waals surface area contributed by atoms with E-state index in [0.717, 1.165) is 0 Å². The second-order valence-corrected chi connectivity index (χ2v) is 5.70. The van der Waals surface area contributed by atoms with Gasteiger partial charge < -0.3 is 18.9 Å². The van der Waals surface area contributed by atoms with Gasteiger partial charge in [0, 0.05) is 11.3 Å². The van der Waals surface area contributed by atoms with E-state index in [4.69, 9.17) is 13.9 Å². The molecule has 3 rings (SSSR count). The number of aryl methyl sites for hydroxylation is 1. The number of H-pyrrole nitrogens is 1. The Balaban J connectivity index is 1.70. The summed E-state index contributed by atoms with van der Waals surface area (Å²) in [4.78, 5) is 26.9. The van der Waals surface area contributed by atoms with E-state index in [0.29, 0.717) is 22.4 Å². The summed E-state index contributed by atoms with van der Waals surface area (Å²) in [5.74, 6) is -1.33. The maximum atomic E-state index is 13.0. The number of methoxy groups -OCH3 is 1. The summed E-state index contributed by atoms with van der Waals surface area (Å²) >= 11 is 0. The molecule has 2 aromatic heterocycles. The van der Waals surface area contributed by atoms with Gasteiger partial charge in [-0.3, -0.25) is 0 Å². The van der Waals surface area contributed by atoms with Crippen LogP contribution in [0.5, 0.6) is 0 Å². The number of nitrogens with one attached hydrogen (secondary N) is 1. The fourth-order valence-electron chi connectivity index (χ4n) is 2.58. The number of hydrogen-bond donors (Lipinski definition) is 1. The molecule has 0 aliphatic rings. The number of aromatic nitrogens is 3. The van der Waals surface area contributed by atoms with Crippen LogP contribution in [0, 0.1) is 19.7 Å². The highest BCUT2D eigenvalue weighted by Gasteiger charge is 2.23. The van der Waals surface area contributed by atoms with E-state index in [1.165, 1.54) is 31.4 Å². The van der Waals surface area contributed by atoms with Crippen LogP contribution < -0.4 is 0 Å². The molecule has 0 aliphatic carbocycles. The lowest BCUT2D eigenvalue weighted by Crippen LogP contribution is -2.08. The summed E-state index contributed by atoms with van der Waals surface area (Å²) in [6.45, 7) is 3.02. The fraction of sp³-hybridized carbons (Fsp3) is 0.222. The van der Waals surface area contributed by atoms with Gasteiger partial charge in [-0.25, -0.2) is 14.0 Å². The Morgan fingerprint density at radius 3 is 2.52 bits per heavy atom. The lowest BCUT2D eigenvalue weighted by Gasteiger charge is -2.02. The Morgan fingerprint density at radius 2 is 1.85 bits per heavy atom. The lowest BCUT2D eigenvalue weighted by molar-refractivity contribution is 0.0431. The molecule has 2 heterocycles. The van der Waals surface area contributed by atoms with E-state index in [1.54, 1.807) is 13.8 Å². The number of benzene rings is 1. The standard InChI is InChI=1S/C18H16FN3O5/c1-9-14(17(23)25-3)10(2)20-15(9)18(24)26-8-13-21-22-16(27-13)11-4-6-12(19)7-5-11/h4-7,20H,8H2,1-3H3. The minimum Gasteiger partial charge on any atom is -0.465 e. The van der Waals surface area contributed by atoms with Crippen LogP contribution in [-0.2, 0) is 16.1 Å². The maximum Gasteiger partial charge on any atom is 0.355 e. The molecule has 0 spiro atoms. The van der Waals surface area contributed by atoms with E-state index < -0.39 is 11.9 Å². The first kappa shape index (κ1) is 18.3. The molecule has 0 fully saturated rings. The molecule has 9 heteroatoms. The van der Waals surface area contributed by atoms with Crippen molar-refractivity contribution in [2.24, 2.45) is 0 Å². The first-order chi connectivity index (χ1) is 12.9. The van der Waals surface area contributed by atoms with Gasteiger partial charge in [-0.1, -0.05) is 0 Å². The molecule has 0 atom stereocenters. The minimum absolute atomic E-state index is 0.0804. The molecule has 0 bridgehead atoms. The average Bonchev–Trinajstić information content (AvgIpc) is 3.24. The highest BCUT2D eigenvalue weighted by Crippen LogP contribution is 2.21. The van der Waals surface area contributed by atoms with Gasteiger partial charge >= 0.3 is 11.9 Å².